The molecule has 1 aromatic heterocycles. The number of aromatic amines is 1. The van der Waals surface area contributed by atoms with E-state index >= 15 is 0 Å². The molecule has 0 aliphatic carbocycles. The van der Waals surface area contributed by atoms with Gasteiger partial charge in [-0.3, -0.25) is 9.36 Å². The molecule has 0 fully saturated rings. The average molecular weight is 293 g/mol. The highest BCUT2D eigenvalue weighted by Gasteiger charge is 2.07. The van der Waals surface area contributed by atoms with E-state index in [1.165, 1.54) is 4.57 Å². The Bertz CT molecular complexity index is 962. The molecule has 0 saturated carbocycles. The summed E-state index contributed by atoms with van der Waals surface area (Å²) in [6.45, 7) is 0. The number of hydrogen-bond acceptors (Lipinski definition) is 3. The predicted molar refractivity (Wildman–Crippen MR) is 84.0 cm³/mol. The van der Waals surface area contributed by atoms with Crippen LogP contribution in [-0.2, 0) is 6.42 Å². The van der Waals surface area contributed by atoms with Crippen LogP contribution in [0.1, 0.15) is 5.56 Å². The third-order valence-electron chi connectivity index (χ3n) is 3.28. The average Bonchev–Trinajstić information content (AvgIpc) is 2.49. The summed E-state index contributed by atoms with van der Waals surface area (Å²) in [5, 5.41) is 9.28. The molecule has 3 rings (SSSR count). The summed E-state index contributed by atoms with van der Waals surface area (Å²) in [5.41, 5.74) is 2.17. The summed E-state index contributed by atoms with van der Waals surface area (Å²) >= 11 is 5.29. The van der Waals surface area contributed by atoms with Crippen LogP contribution in [0.4, 0.5) is 0 Å². The van der Waals surface area contributed by atoms with E-state index in [2.05, 4.69) is 11.1 Å². The van der Waals surface area contributed by atoms with Gasteiger partial charge >= 0.3 is 0 Å². The zero-order valence-corrected chi connectivity index (χ0v) is 11.9. The predicted octanol–water partition coefficient (Wildman–Crippen LogP) is 3.11. The standard InChI is InChI=1S/C16H11N3OS/c17-10-9-11-5-7-12(8-6-11)19-15(20)13-3-1-2-4-14(13)18-16(19)21/h1-8H,9H2,(H,18,21). The molecule has 0 spiro atoms. The van der Waals surface area contributed by atoms with Crippen LogP contribution in [0, 0.1) is 16.1 Å². The summed E-state index contributed by atoms with van der Waals surface area (Å²) in [5.74, 6) is 0. The molecule has 21 heavy (non-hydrogen) atoms. The van der Waals surface area contributed by atoms with Crippen molar-refractivity contribution < 1.29 is 0 Å². The molecule has 0 amide bonds. The van der Waals surface area contributed by atoms with E-state index in [9.17, 15) is 4.79 Å². The molecule has 0 atom stereocenters. The summed E-state index contributed by atoms with van der Waals surface area (Å²) in [7, 11) is 0. The van der Waals surface area contributed by atoms with Gasteiger partial charge in [-0.05, 0) is 42.0 Å². The highest BCUT2D eigenvalue weighted by molar-refractivity contribution is 7.71. The molecule has 1 N–H and O–H groups in total. The Hall–Kier alpha value is -2.71. The Labute approximate surface area is 125 Å². The maximum absolute atomic E-state index is 12.6. The fourth-order valence-corrected chi connectivity index (χ4v) is 2.55. The Balaban J connectivity index is 2.23. The van der Waals surface area contributed by atoms with Gasteiger partial charge in [0.15, 0.2) is 4.77 Å². The second kappa shape index (κ2) is 5.35. The first-order valence-corrected chi connectivity index (χ1v) is 6.82. The summed E-state index contributed by atoms with van der Waals surface area (Å²) < 4.78 is 1.82. The number of hydrogen-bond donors (Lipinski definition) is 1. The van der Waals surface area contributed by atoms with Gasteiger partial charge in [0.2, 0.25) is 0 Å². The van der Waals surface area contributed by atoms with Crippen molar-refractivity contribution in [1.82, 2.24) is 9.55 Å². The molecule has 0 saturated heterocycles. The van der Waals surface area contributed by atoms with Gasteiger partial charge < -0.3 is 4.98 Å². The van der Waals surface area contributed by atoms with Crippen molar-refractivity contribution in [3.63, 3.8) is 0 Å². The minimum absolute atomic E-state index is 0.151. The Morgan fingerprint density at radius 3 is 2.57 bits per heavy atom. The number of nitrogens with zero attached hydrogens (tertiary/aromatic N) is 2. The number of nitriles is 1. The molecule has 0 radical (unpaired) electrons. The lowest BCUT2D eigenvalue weighted by atomic mass is 10.1. The van der Waals surface area contributed by atoms with Crippen LogP contribution >= 0.6 is 12.2 Å². The highest BCUT2D eigenvalue weighted by atomic mass is 32.1. The molecular formula is C16H11N3OS. The molecule has 4 nitrogen and oxygen atoms in total. The van der Waals surface area contributed by atoms with Gasteiger partial charge in [0.25, 0.3) is 5.56 Å². The Morgan fingerprint density at radius 1 is 1.14 bits per heavy atom. The van der Waals surface area contributed by atoms with Crippen molar-refractivity contribution in [2.45, 2.75) is 6.42 Å². The van der Waals surface area contributed by atoms with Crippen molar-refractivity contribution in [1.29, 1.82) is 5.26 Å². The molecule has 3 aromatic rings. The summed E-state index contributed by atoms with van der Waals surface area (Å²) in [6, 6.07) is 16.6. The van der Waals surface area contributed by atoms with Crippen LogP contribution in [0.2, 0.25) is 0 Å². The van der Waals surface area contributed by atoms with Gasteiger partial charge in [-0.25, -0.2) is 0 Å². The van der Waals surface area contributed by atoms with Gasteiger partial charge in [-0.15, -0.1) is 0 Å². The van der Waals surface area contributed by atoms with E-state index in [0.717, 1.165) is 11.1 Å². The Kier molecular flexibility index (Phi) is 3.38. The normalized spacial score (nSPS) is 10.4. The van der Waals surface area contributed by atoms with Gasteiger partial charge in [0.1, 0.15) is 0 Å². The fourth-order valence-electron chi connectivity index (χ4n) is 2.25. The van der Waals surface area contributed by atoms with Gasteiger partial charge in [-0.2, -0.15) is 5.26 Å². The molecule has 102 valence electrons. The van der Waals surface area contributed by atoms with Crippen LogP contribution in [0.5, 0.6) is 0 Å². The molecule has 5 heteroatoms. The maximum atomic E-state index is 12.6. The van der Waals surface area contributed by atoms with Crippen LogP contribution < -0.4 is 5.56 Å². The lowest BCUT2D eigenvalue weighted by Crippen LogP contribution is -2.20. The van der Waals surface area contributed by atoms with Crippen molar-refractivity contribution >= 4 is 23.1 Å². The number of H-pyrrole nitrogens is 1. The number of fused-ring (bicyclic) bond motifs is 1. The number of nitrogens with one attached hydrogen (secondary N) is 1. The molecule has 1 heterocycles. The zero-order chi connectivity index (χ0) is 14.8. The van der Waals surface area contributed by atoms with Crippen LogP contribution in [0.15, 0.2) is 53.3 Å². The van der Waals surface area contributed by atoms with Gasteiger partial charge in [0.05, 0.1) is 29.1 Å². The Morgan fingerprint density at radius 2 is 1.86 bits per heavy atom. The summed E-state index contributed by atoms with van der Waals surface area (Å²) in [6.07, 6.45) is 0.347. The second-order valence-corrected chi connectivity index (χ2v) is 5.00. The first-order valence-electron chi connectivity index (χ1n) is 6.41. The first kappa shape index (κ1) is 13.3. The third-order valence-corrected chi connectivity index (χ3v) is 3.57. The van der Waals surface area contributed by atoms with Gasteiger partial charge in [-0.1, -0.05) is 24.3 Å². The van der Waals surface area contributed by atoms with E-state index in [1.807, 2.05) is 30.3 Å². The van der Waals surface area contributed by atoms with Gasteiger partial charge in [0, 0.05) is 0 Å². The lowest BCUT2D eigenvalue weighted by molar-refractivity contribution is 0.939. The smallest absolute Gasteiger partial charge is 0.266 e. The van der Waals surface area contributed by atoms with E-state index in [1.54, 1.807) is 18.2 Å². The minimum Gasteiger partial charge on any atom is -0.331 e. The lowest BCUT2D eigenvalue weighted by Gasteiger charge is -2.08. The zero-order valence-electron chi connectivity index (χ0n) is 11.0. The molecule has 0 unspecified atom stereocenters. The molecule has 0 bridgehead atoms. The summed E-state index contributed by atoms with van der Waals surface area (Å²) in [4.78, 5) is 15.6. The number of aromatic nitrogens is 2. The SMILES string of the molecule is N#CCc1ccc(-n2c(=S)[nH]c3ccccc3c2=O)cc1. The van der Waals surface area contributed by atoms with E-state index < -0.39 is 0 Å². The van der Waals surface area contributed by atoms with E-state index in [0.29, 0.717) is 22.3 Å². The van der Waals surface area contributed by atoms with Crippen molar-refractivity contribution in [2.24, 2.45) is 0 Å². The number of benzene rings is 2. The van der Waals surface area contributed by atoms with E-state index in [4.69, 9.17) is 17.5 Å². The van der Waals surface area contributed by atoms with Crippen molar-refractivity contribution in [2.75, 3.05) is 0 Å². The topological polar surface area (TPSA) is 61.6 Å². The van der Waals surface area contributed by atoms with Crippen molar-refractivity contribution in [3.05, 3.63) is 69.2 Å². The highest BCUT2D eigenvalue weighted by Crippen LogP contribution is 2.12. The molecule has 2 aromatic carbocycles. The largest absolute Gasteiger partial charge is 0.331 e. The number of para-hydroxylation sites is 1. The quantitative estimate of drug-likeness (QED) is 0.738. The molecule has 0 aliphatic heterocycles. The third kappa shape index (κ3) is 2.37. The first-order chi connectivity index (χ1) is 10.2. The van der Waals surface area contributed by atoms with Crippen LogP contribution in [0.25, 0.3) is 16.6 Å². The fraction of sp³-hybridized carbons (Fsp3) is 0.0625. The number of rotatable bonds is 2. The van der Waals surface area contributed by atoms with Crippen LogP contribution in [0.3, 0.4) is 0 Å². The van der Waals surface area contributed by atoms with E-state index in [-0.39, 0.29) is 5.56 Å². The molecule has 0 aliphatic rings. The molecular weight excluding hydrogens is 282 g/mol. The maximum Gasteiger partial charge on any atom is 0.266 e. The minimum atomic E-state index is -0.151. The van der Waals surface area contributed by atoms with Crippen LogP contribution in [-0.4, -0.2) is 9.55 Å². The second-order valence-electron chi connectivity index (χ2n) is 4.62. The monoisotopic (exact) mass is 293 g/mol. The van der Waals surface area contributed by atoms with Crippen molar-refractivity contribution in [3.8, 4) is 11.8 Å².